The second-order valence-electron chi connectivity index (χ2n) is 5.02. The molecule has 0 aliphatic carbocycles. The van der Waals surface area contributed by atoms with Crippen LogP contribution in [0.2, 0.25) is 0 Å². The second-order valence-corrected chi connectivity index (χ2v) is 5.02. The molecule has 1 heterocycles. The van der Waals surface area contributed by atoms with Crippen molar-refractivity contribution in [1.82, 2.24) is 5.32 Å². The zero-order chi connectivity index (χ0) is 13.6. The first-order chi connectivity index (χ1) is 9.93. The molecule has 3 aromatic rings. The minimum Gasteiger partial charge on any atom is -0.464 e. The van der Waals surface area contributed by atoms with Crippen molar-refractivity contribution in [3.05, 3.63) is 72.0 Å². The Morgan fingerprint density at radius 2 is 1.70 bits per heavy atom. The lowest BCUT2D eigenvalue weighted by molar-refractivity contribution is 0.598. The van der Waals surface area contributed by atoms with E-state index in [2.05, 4.69) is 47.8 Å². The van der Waals surface area contributed by atoms with Crippen LogP contribution in [-0.4, -0.2) is 6.54 Å². The van der Waals surface area contributed by atoms with Gasteiger partial charge in [0.05, 0.1) is 6.26 Å². The summed E-state index contributed by atoms with van der Waals surface area (Å²) in [6.07, 6.45) is 4.13. The molecule has 3 rings (SSSR count). The van der Waals surface area contributed by atoms with Crippen LogP contribution in [0.1, 0.15) is 17.5 Å². The van der Waals surface area contributed by atoms with E-state index in [9.17, 15) is 0 Å². The van der Waals surface area contributed by atoms with E-state index in [1.54, 1.807) is 0 Å². The van der Waals surface area contributed by atoms with Crippen LogP contribution in [0.4, 0.5) is 0 Å². The topological polar surface area (TPSA) is 25.2 Å². The Morgan fingerprint density at radius 1 is 0.900 bits per heavy atom. The average molecular weight is 265 g/mol. The van der Waals surface area contributed by atoms with Crippen LogP contribution in [-0.2, 0) is 13.0 Å². The largest absolute Gasteiger partial charge is 0.464 e. The van der Waals surface area contributed by atoms with Crippen molar-refractivity contribution in [2.45, 2.75) is 19.4 Å². The number of hydrogen-bond donors (Lipinski definition) is 1. The normalized spacial score (nSPS) is 11.0. The molecule has 20 heavy (non-hydrogen) atoms. The van der Waals surface area contributed by atoms with Gasteiger partial charge in [-0.15, -0.1) is 0 Å². The average Bonchev–Trinajstić information content (AvgIpc) is 2.91. The summed E-state index contributed by atoms with van der Waals surface area (Å²) < 4.78 is 5.54. The molecule has 2 nitrogen and oxygen atoms in total. The van der Waals surface area contributed by atoms with Gasteiger partial charge in [0.1, 0.15) is 5.58 Å². The standard InChI is InChI=1S/C18H19NO/c1-2-7-15(8-3-1)9-6-12-19-13-16-14-20-18-11-5-4-10-17(16)18/h1-5,7-8,10-11,14,19H,6,9,12-13H2. The van der Waals surface area contributed by atoms with Crippen LogP contribution in [0.25, 0.3) is 11.0 Å². The summed E-state index contributed by atoms with van der Waals surface area (Å²) in [7, 11) is 0. The van der Waals surface area contributed by atoms with Gasteiger partial charge in [0.25, 0.3) is 0 Å². The lowest BCUT2D eigenvalue weighted by Gasteiger charge is -2.04. The summed E-state index contributed by atoms with van der Waals surface area (Å²) in [5, 5.41) is 4.70. The molecule has 2 aromatic carbocycles. The van der Waals surface area contributed by atoms with Gasteiger partial charge in [-0.2, -0.15) is 0 Å². The van der Waals surface area contributed by atoms with Gasteiger partial charge >= 0.3 is 0 Å². The first-order valence-electron chi connectivity index (χ1n) is 7.13. The number of furan rings is 1. The summed E-state index contributed by atoms with van der Waals surface area (Å²) in [5.74, 6) is 0. The summed E-state index contributed by atoms with van der Waals surface area (Å²) >= 11 is 0. The number of aryl methyl sites for hydroxylation is 1. The third kappa shape index (κ3) is 3.09. The van der Waals surface area contributed by atoms with E-state index < -0.39 is 0 Å². The van der Waals surface area contributed by atoms with Crippen molar-refractivity contribution >= 4 is 11.0 Å². The monoisotopic (exact) mass is 265 g/mol. The minimum absolute atomic E-state index is 0.867. The zero-order valence-corrected chi connectivity index (χ0v) is 11.5. The number of fused-ring (bicyclic) bond motifs is 1. The predicted octanol–water partition coefficient (Wildman–Crippen LogP) is 4.16. The molecule has 2 heteroatoms. The van der Waals surface area contributed by atoms with Crippen molar-refractivity contribution in [3.63, 3.8) is 0 Å². The van der Waals surface area contributed by atoms with Crippen LogP contribution in [0.15, 0.2) is 65.3 Å². The maximum Gasteiger partial charge on any atom is 0.134 e. The highest BCUT2D eigenvalue weighted by Gasteiger charge is 2.03. The number of nitrogens with one attached hydrogen (secondary N) is 1. The van der Waals surface area contributed by atoms with Crippen LogP contribution < -0.4 is 5.32 Å². The summed E-state index contributed by atoms with van der Waals surface area (Å²) in [5.41, 5.74) is 3.61. The summed E-state index contributed by atoms with van der Waals surface area (Å²) in [6, 6.07) is 18.8. The summed E-state index contributed by atoms with van der Waals surface area (Å²) in [4.78, 5) is 0. The molecule has 0 spiro atoms. The Bertz CT molecular complexity index is 657. The fourth-order valence-electron chi connectivity index (χ4n) is 2.45. The van der Waals surface area contributed by atoms with Crippen molar-refractivity contribution in [1.29, 1.82) is 0 Å². The molecule has 0 saturated heterocycles. The van der Waals surface area contributed by atoms with E-state index in [-0.39, 0.29) is 0 Å². The van der Waals surface area contributed by atoms with Gasteiger partial charge in [0.2, 0.25) is 0 Å². The molecule has 0 fully saturated rings. The molecule has 0 atom stereocenters. The van der Waals surface area contributed by atoms with Crippen molar-refractivity contribution in [2.24, 2.45) is 0 Å². The molecule has 0 amide bonds. The Kier molecular flexibility index (Phi) is 4.14. The third-order valence-electron chi connectivity index (χ3n) is 3.54. The van der Waals surface area contributed by atoms with Gasteiger partial charge in [-0.1, -0.05) is 48.5 Å². The molecular weight excluding hydrogens is 246 g/mol. The Morgan fingerprint density at radius 3 is 2.60 bits per heavy atom. The molecule has 0 radical (unpaired) electrons. The van der Waals surface area contributed by atoms with Crippen LogP contribution in [0, 0.1) is 0 Å². The van der Waals surface area contributed by atoms with Gasteiger partial charge in [-0.05, 0) is 31.0 Å². The van der Waals surface area contributed by atoms with E-state index in [4.69, 9.17) is 4.42 Å². The van der Waals surface area contributed by atoms with E-state index in [1.807, 2.05) is 18.4 Å². The number of para-hydroxylation sites is 1. The lowest BCUT2D eigenvalue weighted by Crippen LogP contribution is -2.15. The third-order valence-corrected chi connectivity index (χ3v) is 3.54. The van der Waals surface area contributed by atoms with Crippen molar-refractivity contribution < 1.29 is 4.42 Å². The SMILES string of the molecule is c1ccc(CCCNCc2coc3ccccc23)cc1. The quantitative estimate of drug-likeness (QED) is 0.677. The van der Waals surface area contributed by atoms with E-state index >= 15 is 0 Å². The lowest BCUT2D eigenvalue weighted by atomic mass is 10.1. The highest BCUT2D eigenvalue weighted by Crippen LogP contribution is 2.20. The minimum atomic E-state index is 0.867. The van der Waals surface area contributed by atoms with Crippen LogP contribution in [0.5, 0.6) is 0 Å². The zero-order valence-electron chi connectivity index (χ0n) is 11.5. The fourth-order valence-corrected chi connectivity index (χ4v) is 2.45. The van der Waals surface area contributed by atoms with Gasteiger partial charge in [0, 0.05) is 17.5 Å². The van der Waals surface area contributed by atoms with E-state index in [1.165, 1.54) is 16.5 Å². The Balaban J connectivity index is 1.46. The summed E-state index contributed by atoms with van der Waals surface area (Å²) in [6.45, 7) is 1.89. The van der Waals surface area contributed by atoms with Gasteiger partial charge < -0.3 is 9.73 Å². The second kappa shape index (κ2) is 6.40. The number of rotatable bonds is 6. The highest BCUT2D eigenvalue weighted by molar-refractivity contribution is 5.80. The van der Waals surface area contributed by atoms with Gasteiger partial charge in [-0.3, -0.25) is 0 Å². The van der Waals surface area contributed by atoms with Gasteiger partial charge in [0.15, 0.2) is 0 Å². The molecule has 1 N–H and O–H groups in total. The first-order valence-corrected chi connectivity index (χ1v) is 7.13. The molecule has 0 unspecified atom stereocenters. The molecule has 1 aromatic heterocycles. The molecule has 102 valence electrons. The predicted molar refractivity (Wildman–Crippen MR) is 82.7 cm³/mol. The highest BCUT2D eigenvalue weighted by atomic mass is 16.3. The van der Waals surface area contributed by atoms with E-state index in [0.717, 1.165) is 31.5 Å². The molecular formula is C18H19NO. The molecule has 0 saturated carbocycles. The smallest absolute Gasteiger partial charge is 0.134 e. The van der Waals surface area contributed by atoms with E-state index in [0.29, 0.717) is 0 Å². The maximum atomic E-state index is 5.54. The number of benzene rings is 2. The van der Waals surface area contributed by atoms with Gasteiger partial charge in [-0.25, -0.2) is 0 Å². The molecule has 0 aliphatic heterocycles. The Hall–Kier alpha value is -2.06. The van der Waals surface area contributed by atoms with Crippen LogP contribution in [0.3, 0.4) is 0 Å². The maximum absolute atomic E-state index is 5.54. The van der Waals surface area contributed by atoms with Crippen molar-refractivity contribution in [3.8, 4) is 0 Å². The molecule has 0 bridgehead atoms. The Labute approximate surface area is 119 Å². The first kappa shape index (κ1) is 12.9. The van der Waals surface area contributed by atoms with Crippen LogP contribution >= 0.6 is 0 Å². The van der Waals surface area contributed by atoms with Crippen molar-refractivity contribution in [2.75, 3.05) is 6.54 Å². The fraction of sp³-hybridized carbons (Fsp3) is 0.222. The molecule has 0 aliphatic rings. The number of hydrogen-bond acceptors (Lipinski definition) is 2.